The molecule has 5 heterocycles. The van der Waals surface area contributed by atoms with Crippen LogP contribution in [-0.4, -0.2) is 61.1 Å². The fraction of sp³-hybridized carbons (Fsp3) is 0.409. The molecule has 1 unspecified atom stereocenters. The van der Waals surface area contributed by atoms with Gasteiger partial charge in [0.05, 0.1) is 58.5 Å². The van der Waals surface area contributed by atoms with Gasteiger partial charge in [-0.2, -0.15) is 10.2 Å². The van der Waals surface area contributed by atoms with Gasteiger partial charge in [-0.25, -0.2) is 19.2 Å². The van der Waals surface area contributed by atoms with E-state index in [9.17, 15) is 9.18 Å². The van der Waals surface area contributed by atoms with E-state index < -0.39 is 5.82 Å². The second-order valence-electron chi connectivity index (χ2n) is 8.30. The van der Waals surface area contributed by atoms with Crippen molar-refractivity contribution < 1.29 is 13.9 Å². The highest BCUT2D eigenvalue weighted by molar-refractivity contribution is 7.11. The molecule has 3 aromatic heterocycles. The number of hydrazone groups is 1. The summed E-state index contributed by atoms with van der Waals surface area (Å²) in [5.41, 5.74) is 3.26. The van der Waals surface area contributed by atoms with Gasteiger partial charge in [-0.15, -0.1) is 11.3 Å². The number of nitrogens with zero attached hydrogens (tertiary/aromatic N) is 7. The average Bonchev–Trinajstić information content (AvgIpc) is 3.44. The smallest absolute Gasteiger partial charge is 0.341 e. The Morgan fingerprint density at radius 1 is 1.24 bits per heavy atom. The van der Waals surface area contributed by atoms with Crippen molar-refractivity contribution in [3.05, 3.63) is 45.4 Å². The van der Waals surface area contributed by atoms with Crippen molar-refractivity contribution in [1.29, 1.82) is 0 Å². The van der Waals surface area contributed by atoms with Crippen LogP contribution in [0.2, 0.25) is 0 Å². The van der Waals surface area contributed by atoms with Gasteiger partial charge in [-0.3, -0.25) is 9.67 Å². The topological polar surface area (TPSA) is 88.7 Å². The van der Waals surface area contributed by atoms with Crippen molar-refractivity contribution in [2.75, 3.05) is 13.1 Å². The first kappa shape index (κ1) is 21.5. The zero-order chi connectivity index (χ0) is 23.3. The molecule has 0 spiro atoms. The van der Waals surface area contributed by atoms with Crippen LogP contribution in [0, 0.1) is 26.6 Å². The van der Waals surface area contributed by atoms with Crippen LogP contribution in [0.5, 0.6) is 5.75 Å². The summed E-state index contributed by atoms with van der Waals surface area (Å²) < 4.78 is 22.0. The first-order chi connectivity index (χ1) is 15.8. The molecule has 9 nitrogen and oxygen atoms in total. The molecule has 5 rings (SSSR count). The van der Waals surface area contributed by atoms with E-state index in [-0.39, 0.29) is 23.9 Å². The average molecular weight is 470 g/mol. The molecule has 172 valence electrons. The highest BCUT2D eigenvalue weighted by Gasteiger charge is 2.40. The van der Waals surface area contributed by atoms with Gasteiger partial charge in [0.15, 0.2) is 11.6 Å². The van der Waals surface area contributed by atoms with Crippen LogP contribution in [0.15, 0.2) is 23.6 Å². The number of pyridine rings is 1. The highest BCUT2D eigenvalue weighted by Crippen LogP contribution is 2.36. The maximum atomic E-state index is 14.4. The van der Waals surface area contributed by atoms with Gasteiger partial charge in [0, 0.05) is 25.7 Å². The molecule has 2 amide bonds. The Morgan fingerprint density at radius 2 is 2.03 bits per heavy atom. The summed E-state index contributed by atoms with van der Waals surface area (Å²) in [5, 5.41) is 11.0. The Labute approximate surface area is 194 Å². The molecular weight excluding hydrogens is 445 g/mol. The fourth-order valence-electron chi connectivity index (χ4n) is 4.22. The fourth-order valence-corrected chi connectivity index (χ4v) is 5.25. The summed E-state index contributed by atoms with van der Waals surface area (Å²) in [6.45, 7) is 6.56. The summed E-state index contributed by atoms with van der Waals surface area (Å²) in [5.74, 6) is -0.422. The normalized spacial score (nSPS) is 18.2. The molecule has 1 fully saturated rings. The quantitative estimate of drug-likeness (QED) is 0.582. The van der Waals surface area contributed by atoms with E-state index in [1.807, 2.05) is 27.8 Å². The molecule has 0 N–H and O–H groups in total. The van der Waals surface area contributed by atoms with Gasteiger partial charge in [0.1, 0.15) is 6.10 Å². The molecule has 0 aliphatic carbocycles. The summed E-state index contributed by atoms with van der Waals surface area (Å²) in [6.07, 6.45) is 5.02. The van der Waals surface area contributed by atoms with Gasteiger partial charge in [-0.1, -0.05) is 0 Å². The first-order valence-electron chi connectivity index (χ1n) is 10.7. The maximum Gasteiger partial charge on any atom is 0.341 e. The zero-order valence-corrected chi connectivity index (χ0v) is 19.6. The number of thiazole rings is 1. The number of aryl methyl sites for hydroxylation is 4. The second kappa shape index (κ2) is 8.22. The third kappa shape index (κ3) is 3.86. The Kier molecular flexibility index (Phi) is 5.35. The number of amides is 2. The van der Waals surface area contributed by atoms with Crippen molar-refractivity contribution in [1.82, 2.24) is 29.7 Å². The number of likely N-dealkylation sites (tertiary alicyclic amines) is 1. The number of carbonyl (C=O) groups is 1. The third-order valence-corrected chi connectivity index (χ3v) is 7.04. The third-order valence-electron chi connectivity index (χ3n) is 5.86. The molecule has 11 heteroatoms. The zero-order valence-electron chi connectivity index (χ0n) is 18.8. The molecule has 0 aromatic carbocycles. The van der Waals surface area contributed by atoms with Crippen LogP contribution in [0.25, 0.3) is 11.4 Å². The number of halogens is 1. The Balaban J connectivity index is 1.25. The van der Waals surface area contributed by atoms with Crippen LogP contribution in [-0.2, 0) is 7.05 Å². The molecule has 2 aliphatic heterocycles. The van der Waals surface area contributed by atoms with Crippen molar-refractivity contribution in [3.8, 4) is 17.1 Å². The Hall–Kier alpha value is -3.34. The van der Waals surface area contributed by atoms with Crippen LogP contribution in [0.4, 0.5) is 9.18 Å². The lowest BCUT2D eigenvalue weighted by atomic mass is 10.1. The van der Waals surface area contributed by atoms with E-state index in [1.54, 1.807) is 39.4 Å². The molecule has 1 atom stereocenters. The van der Waals surface area contributed by atoms with Crippen LogP contribution >= 0.6 is 11.3 Å². The summed E-state index contributed by atoms with van der Waals surface area (Å²) in [6, 6.07) is 1.27. The first-order valence-corrected chi connectivity index (χ1v) is 11.5. The van der Waals surface area contributed by atoms with Gasteiger partial charge in [0.25, 0.3) is 0 Å². The Morgan fingerprint density at radius 3 is 2.70 bits per heavy atom. The number of rotatable bonds is 4. The lowest BCUT2D eigenvalue weighted by molar-refractivity contribution is 0.0258. The monoisotopic (exact) mass is 469 g/mol. The van der Waals surface area contributed by atoms with Gasteiger partial charge in [-0.05, 0) is 26.3 Å². The molecule has 2 aliphatic rings. The van der Waals surface area contributed by atoms with Crippen molar-refractivity contribution >= 4 is 23.6 Å². The largest absolute Gasteiger partial charge is 0.483 e. The number of hydrogen-bond donors (Lipinski definition) is 0. The van der Waals surface area contributed by atoms with E-state index in [1.165, 1.54) is 5.01 Å². The standard InChI is InChI=1S/C22H24FN7O2S/c1-12-8-26-28(4)20(12)17-7-19(16(23)9-24-17)32-15-10-29(11-15)22(31)30-18(5-6-25-30)21-13(2)27-14(3)33-21/h6-9,15,18H,5,10-11H2,1-4H3. The number of carbonyl (C=O) groups excluding carboxylic acids is 1. The van der Waals surface area contributed by atoms with Gasteiger partial charge in [0.2, 0.25) is 0 Å². The predicted molar refractivity (Wildman–Crippen MR) is 122 cm³/mol. The Bertz CT molecular complexity index is 1230. The molecule has 0 radical (unpaired) electrons. The number of hydrogen-bond acceptors (Lipinski definition) is 7. The second-order valence-corrected chi connectivity index (χ2v) is 9.54. The molecule has 1 saturated heterocycles. The van der Waals surface area contributed by atoms with Crippen molar-refractivity contribution in [2.24, 2.45) is 12.1 Å². The molecule has 33 heavy (non-hydrogen) atoms. The van der Waals surface area contributed by atoms with E-state index in [4.69, 9.17) is 4.74 Å². The number of aromatic nitrogens is 4. The van der Waals surface area contributed by atoms with E-state index in [0.29, 0.717) is 25.2 Å². The minimum Gasteiger partial charge on any atom is -0.483 e. The predicted octanol–water partition coefficient (Wildman–Crippen LogP) is 3.62. The maximum absolute atomic E-state index is 14.4. The lowest BCUT2D eigenvalue weighted by Crippen LogP contribution is -2.58. The van der Waals surface area contributed by atoms with Crippen LogP contribution < -0.4 is 4.74 Å². The van der Waals surface area contributed by atoms with Crippen molar-refractivity contribution in [3.63, 3.8) is 0 Å². The highest BCUT2D eigenvalue weighted by atomic mass is 32.1. The van der Waals surface area contributed by atoms with E-state index in [0.717, 1.165) is 33.0 Å². The summed E-state index contributed by atoms with van der Waals surface area (Å²) >= 11 is 1.59. The molecular formula is C22H24FN7O2S. The SMILES string of the molecule is Cc1nc(C)c(C2CC=NN2C(=O)N2CC(Oc3cc(-c4c(C)cnn4C)ncc3F)C2)s1. The molecule has 0 bridgehead atoms. The minimum atomic E-state index is -0.538. The van der Waals surface area contributed by atoms with Crippen LogP contribution in [0.3, 0.4) is 0 Å². The molecule has 3 aromatic rings. The van der Waals surface area contributed by atoms with E-state index >= 15 is 0 Å². The molecule has 0 saturated carbocycles. The summed E-state index contributed by atoms with van der Waals surface area (Å²) in [4.78, 5) is 24.4. The van der Waals surface area contributed by atoms with Crippen molar-refractivity contribution in [2.45, 2.75) is 39.3 Å². The van der Waals surface area contributed by atoms with E-state index in [2.05, 4.69) is 20.2 Å². The van der Waals surface area contributed by atoms with Gasteiger partial charge < -0.3 is 9.64 Å². The van der Waals surface area contributed by atoms with Crippen LogP contribution in [0.1, 0.15) is 33.6 Å². The summed E-state index contributed by atoms with van der Waals surface area (Å²) in [7, 11) is 1.81. The number of urea groups is 1. The number of ether oxygens (including phenoxy) is 1. The lowest BCUT2D eigenvalue weighted by Gasteiger charge is -2.40. The van der Waals surface area contributed by atoms with Gasteiger partial charge >= 0.3 is 6.03 Å². The minimum absolute atomic E-state index is 0.116.